The van der Waals surface area contributed by atoms with Crippen molar-refractivity contribution in [3.63, 3.8) is 0 Å². The van der Waals surface area contributed by atoms with Crippen LogP contribution in [0.4, 0.5) is 5.95 Å². The van der Waals surface area contributed by atoms with E-state index in [0.29, 0.717) is 11.6 Å². The fraction of sp³-hybridized carbons (Fsp3) is 0.333. The first-order valence-electron chi connectivity index (χ1n) is 7.19. The molecule has 0 fully saturated rings. The quantitative estimate of drug-likeness (QED) is 0.772. The smallest absolute Gasteiger partial charge is 0.279 e. The molecule has 22 heavy (non-hydrogen) atoms. The summed E-state index contributed by atoms with van der Waals surface area (Å²) in [7, 11) is 1.81. The number of carbonyl (C=O) groups is 1. The molecule has 0 atom stereocenters. The molecule has 0 radical (unpaired) electrons. The summed E-state index contributed by atoms with van der Waals surface area (Å²) in [5, 5.41) is 14.6. The number of anilines is 1. The van der Waals surface area contributed by atoms with Gasteiger partial charge in [-0.15, -0.1) is 5.10 Å². The summed E-state index contributed by atoms with van der Waals surface area (Å²) in [5.41, 5.74) is 1.27. The topological polar surface area (TPSA) is 88.5 Å². The average Bonchev–Trinajstić information content (AvgIpc) is 3.04. The zero-order chi connectivity index (χ0) is 15.7. The molecule has 3 rings (SSSR count). The van der Waals surface area contributed by atoms with Gasteiger partial charge in [-0.3, -0.25) is 19.9 Å². The summed E-state index contributed by atoms with van der Waals surface area (Å²) in [5.74, 6) is 1.19. The second-order valence-electron chi connectivity index (χ2n) is 5.65. The summed E-state index contributed by atoms with van der Waals surface area (Å²) in [4.78, 5) is 16.7. The number of amides is 1. The fourth-order valence-electron chi connectivity index (χ4n) is 2.37. The van der Waals surface area contributed by atoms with Crippen molar-refractivity contribution in [1.29, 1.82) is 0 Å². The lowest BCUT2D eigenvalue weighted by atomic mass is 10.1. The number of nitrogens with zero attached hydrogens (tertiary/aromatic N) is 4. The van der Waals surface area contributed by atoms with E-state index in [1.54, 1.807) is 4.68 Å². The Bertz CT molecular complexity index is 816. The Morgan fingerprint density at radius 1 is 1.36 bits per heavy atom. The number of benzene rings is 1. The lowest BCUT2D eigenvalue weighted by molar-refractivity contribution is 0.102. The first-order chi connectivity index (χ1) is 10.5. The predicted molar refractivity (Wildman–Crippen MR) is 83.6 cm³/mol. The number of aromatic amines is 1. The van der Waals surface area contributed by atoms with Crippen molar-refractivity contribution in [2.45, 2.75) is 20.3 Å². The van der Waals surface area contributed by atoms with Crippen LogP contribution in [0.2, 0.25) is 0 Å². The third-order valence-electron chi connectivity index (χ3n) is 3.33. The zero-order valence-electron chi connectivity index (χ0n) is 12.8. The zero-order valence-corrected chi connectivity index (χ0v) is 12.8. The number of aryl methyl sites for hydroxylation is 1. The number of hydrogen-bond donors (Lipinski definition) is 2. The summed E-state index contributed by atoms with van der Waals surface area (Å²) in [6.07, 6.45) is 0.787. The van der Waals surface area contributed by atoms with E-state index in [9.17, 15) is 4.79 Å². The van der Waals surface area contributed by atoms with E-state index in [1.807, 2.05) is 31.3 Å². The molecular formula is C15H18N6O. The monoisotopic (exact) mass is 298 g/mol. The molecule has 0 aliphatic rings. The van der Waals surface area contributed by atoms with Crippen molar-refractivity contribution < 1.29 is 4.79 Å². The summed E-state index contributed by atoms with van der Waals surface area (Å²) < 4.78 is 1.69. The van der Waals surface area contributed by atoms with E-state index in [0.717, 1.165) is 23.1 Å². The molecule has 0 aliphatic carbocycles. The first-order valence-corrected chi connectivity index (χ1v) is 7.19. The van der Waals surface area contributed by atoms with Crippen LogP contribution in [0.3, 0.4) is 0 Å². The summed E-state index contributed by atoms with van der Waals surface area (Å²) in [6, 6.07) is 7.60. The van der Waals surface area contributed by atoms with Crippen molar-refractivity contribution in [2.75, 3.05) is 5.32 Å². The Kier molecular flexibility index (Phi) is 3.62. The Balaban J connectivity index is 1.83. The molecule has 0 saturated carbocycles. The Morgan fingerprint density at radius 2 is 2.14 bits per heavy atom. The second-order valence-corrected chi connectivity index (χ2v) is 5.65. The number of hydrogen-bond acceptors (Lipinski definition) is 4. The van der Waals surface area contributed by atoms with Crippen molar-refractivity contribution >= 4 is 22.8 Å². The molecule has 3 aromatic rings. The van der Waals surface area contributed by atoms with Crippen LogP contribution in [0.5, 0.6) is 0 Å². The Labute approximate surface area is 127 Å². The number of fused-ring (bicyclic) bond motifs is 1. The van der Waals surface area contributed by atoms with Gasteiger partial charge in [0.1, 0.15) is 5.82 Å². The highest BCUT2D eigenvalue weighted by atomic mass is 16.2. The van der Waals surface area contributed by atoms with Gasteiger partial charge in [-0.2, -0.15) is 10.1 Å². The van der Waals surface area contributed by atoms with Crippen molar-refractivity contribution in [2.24, 2.45) is 13.0 Å². The number of carbonyl (C=O) groups excluding carboxylic acids is 1. The van der Waals surface area contributed by atoms with Gasteiger partial charge >= 0.3 is 0 Å². The maximum absolute atomic E-state index is 12.4. The van der Waals surface area contributed by atoms with Gasteiger partial charge in [0.25, 0.3) is 5.91 Å². The van der Waals surface area contributed by atoms with Crippen LogP contribution in [-0.4, -0.2) is 30.9 Å². The first kappa shape index (κ1) is 14.2. The lowest BCUT2D eigenvalue weighted by Gasteiger charge is -1.99. The summed E-state index contributed by atoms with van der Waals surface area (Å²) in [6.45, 7) is 4.20. The van der Waals surface area contributed by atoms with Gasteiger partial charge in [0, 0.05) is 18.9 Å². The molecule has 2 N–H and O–H groups in total. The minimum Gasteiger partial charge on any atom is -0.288 e. The van der Waals surface area contributed by atoms with Gasteiger partial charge in [0.05, 0.1) is 5.52 Å². The molecule has 0 unspecified atom stereocenters. The Hall–Kier alpha value is -2.70. The van der Waals surface area contributed by atoms with Crippen LogP contribution in [0.1, 0.15) is 30.2 Å². The number of rotatable bonds is 4. The standard InChI is InChI=1S/C15H18N6O/c1-9(2)8-12-16-15(19-18-12)17-14(22)13-10-6-4-5-7-11(10)21(3)20-13/h4-7,9H,8H2,1-3H3,(H2,16,17,18,19,22). The number of aromatic nitrogens is 5. The van der Waals surface area contributed by atoms with E-state index in [4.69, 9.17) is 0 Å². The lowest BCUT2D eigenvalue weighted by Crippen LogP contribution is -2.14. The Morgan fingerprint density at radius 3 is 2.91 bits per heavy atom. The molecule has 0 saturated heterocycles. The van der Waals surface area contributed by atoms with Crippen LogP contribution in [0, 0.1) is 5.92 Å². The molecule has 2 heterocycles. The van der Waals surface area contributed by atoms with Crippen LogP contribution in [-0.2, 0) is 13.5 Å². The van der Waals surface area contributed by atoms with Crippen LogP contribution < -0.4 is 5.32 Å². The number of para-hydroxylation sites is 1. The van der Waals surface area contributed by atoms with Crippen LogP contribution in [0.15, 0.2) is 24.3 Å². The molecule has 0 aliphatic heterocycles. The highest BCUT2D eigenvalue weighted by molar-refractivity contribution is 6.10. The molecule has 1 aromatic carbocycles. The van der Waals surface area contributed by atoms with Crippen molar-refractivity contribution in [3.8, 4) is 0 Å². The molecule has 7 heteroatoms. The maximum atomic E-state index is 12.4. The van der Waals surface area contributed by atoms with E-state index < -0.39 is 0 Å². The van der Waals surface area contributed by atoms with Crippen molar-refractivity contribution in [1.82, 2.24) is 25.0 Å². The predicted octanol–water partition coefficient (Wildman–Crippen LogP) is 2.14. The van der Waals surface area contributed by atoms with E-state index in [2.05, 4.69) is 39.4 Å². The molecule has 0 spiro atoms. The van der Waals surface area contributed by atoms with Gasteiger partial charge in [-0.25, -0.2) is 0 Å². The van der Waals surface area contributed by atoms with Crippen molar-refractivity contribution in [3.05, 3.63) is 35.8 Å². The van der Waals surface area contributed by atoms with Gasteiger partial charge in [0.2, 0.25) is 5.95 Å². The molecule has 2 aromatic heterocycles. The van der Waals surface area contributed by atoms with Gasteiger partial charge in [0.15, 0.2) is 5.69 Å². The van der Waals surface area contributed by atoms with Crippen LogP contribution in [0.25, 0.3) is 10.9 Å². The van der Waals surface area contributed by atoms with Gasteiger partial charge < -0.3 is 0 Å². The van der Waals surface area contributed by atoms with Crippen LogP contribution >= 0.6 is 0 Å². The molecule has 0 bridgehead atoms. The van der Waals surface area contributed by atoms with E-state index in [-0.39, 0.29) is 11.9 Å². The highest BCUT2D eigenvalue weighted by Gasteiger charge is 2.17. The van der Waals surface area contributed by atoms with E-state index >= 15 is 0 Å². The molecule has 114 valence electrons. The highest BCUT2D eigenvalue weighted by Crippen LogP contribution is 2.18. The third-order valence-corrected chi connectivity index (χ3v) is 3.33. The normalized spacial score (nSPS) is 11.3. The fourth-order valence-corrected chi connectivity index (χ4v) is 2.37. The average molecular weight is 298 g/mol. The van der Waals surface area contributed by atoms with Gasteiger partial charge in [-0.1, -0.05) is 32.0 Å². The second kappa shape index (κ2) is 5.59. The molecular weight excluding hydrogens is 280 g/mol. The minimum absolute atomic E-state index is 0.274. The third kappa shape index (κ3) is 2.69. The number of nitrogens with one attached hydrogen (secondary N) is 2. The van der Waals surface area contributed by atoms with E-state index in [1.165, 1.54) is 0 Å². The summed E-state index contributed by atoms with van der Waals surface area (Å²) >= 11 is 0. The molecule has 1 amide bonds. The van der Waals surface area contributed by atoms with Gasteiger partial charge in [-0.05, 0) is 12.0 Å². The minimum atomic E-state index is -0.313. The largest absolute Gasteiger partial charge is 0.288 e. The SMILES string of the molecule is CC(C)Cc1nc(NC(=O)c2nn(C)c3ccccc23)n[nH]1. The maximum Gasteiger partial charge on any atom is 0.279 e. The molecule has 7 nitrogen and oxygen atoms in total. The number of H-pyrrole nitrogens is 1.